The Hall–Kier alpha value is -4.46. The summed E-state index contributed by atoms with van der Waals surface area (Å²) in [6, 6.07) is 50.5. The molecule has 0 N–H and O–H groups in total. The molecule has 0 aliphatic carbocycles. The maximum atomic E-state index is 2.39. The first-order chi connectivity index (χ1) is 18.4. The number of rotatable bonds is 4. The molecule has 0 atom stereocenters. The lowest BCUT2D eigenvalue weighted by molar-refractivity contribution is 1.60. The van der Waals surface area contributed by atoms with Gasteiger partial charge in [0.2, 0.25) is 0 Å². The molecule has 1 aromatic heterocycles. The lowest BCUT2D eigenvalue weighted by Crippen LogP contribution is -1.93. The molecule has 0 unspecified atom stereocenters. The second-order valence-corrected chi connectivity index (χ2v) is 10.3. The highest BCUT2D eigenvalue weighted by molar-refractivity contribution is 7.14. The van der Waals surface area contributed by atoms with Crippen LogP contribution in [0.2, 0.25) is 0 Å². The Labute approximate surface area is 221 Å². The van der Waals surface area contributed by atoms with E-state index in [1.165, 1.54) is 65.4 Å². The van der Waals surface area contributed by atoms with Crippen LogP contribution in [0.4, 0.5) is 0 Å². The van der Waals surface area contributed by atoms with Gasteiger partial charge in [0.05, 0.1) is 0 Å². The summed E-state index contributed by atoms with van der Waals surface area (Å²) in [7, 11) is 0. The van der Waals surface area contributed by atoms with Gasteiger partial charge in [0.25, 0.3) is 0 Å². The van der Waals surface area contributed by atoms with Crippen LogP contribution in [-0.2, 0) is 0 Å². The van der Waals surface area contributed by atoms with Gasteiger partial charge in [0, 0.05) is 16.0 Å². The molecule has 1 heteroatoms. The van der Waals surface area contributed by atoms with E-state index in [9.17, 15) is 0 Å². The van der Waals surface area contributed by atoms with Gasteiger partial charge in [-0.05, 0) is 79.0 Å². The summed E-state index contributed by atoms with van der Waals surface area (Å²) < 4.78 is 0. The fraction of sp³-hybridized carbons (Fsp3) is 0. The summed E-state index contributed by atoms with van der Waals surface area (Å²) in [6.07, 6.45) is 0. The van der Waals surface area contributed by atoms with Gasteiger partial charge < -0.3 is 0 Å². The lowest BCUT2D eigenvalue weighted by atomic mass is 9.84. The molecule has 0 amide bonds. The number of hydrogen-bond donors (Lipinski definition) is 0. The number of hydrogen-bond acceptors (Lipinski definition) is 1. The second kappa shape index (κ2) is 9.20. The topological polar surface area (TPSA) is 0 Å². The largest absolute Gasteiger partial charge is 0.143 e. The van der Waals surface area contributed by atoms with Crippen molar-refractivity contribution < 1.29 is 0 Å². The molecule has 0 nitrogen and oxygen atoms in total. The molecular weight excluding hydrogens is 464 g/mol. The van der Waals surface area contributed by atoms with E-state index < -0.39 is 0 Å². The highest BCUT2D eigenvalue weighted by Gasteiger charge is 2.21. The van der Waals surface area contributed by atoms with E-state index >= 15 is 0 Å². The molecule has 7 aromatic rings. The molecule has 0 aliphatic rings. The average Bonchev–Trinajstić information content (AvgIpc) is 3.46. The van der Waals surface area contributed by atoms with Gasteiger partial charge in [-0.3, -0.25) is 0 Å². The third-order valence-electron chi connectivity index (χ3n) is 7.13. The van der Waals surface area contributed by atoms with E-state index in [1.54, 1.807) is 0 Å². The van der Waals surface area contributed by atoms with Crippen LogP contribution in [0.25, 0.3) is 65.4 Å². The van der Waals surface area contributed by atoms with Gasteiger partial charge in [-0.25, -0.2) is 0 Å². The summed E-state index contributed by atoms with van der Waals surface area (Å²) in [6.45, 7) is 0. The standard InChI is InChI=1S/C36H24S/c1-4-12-25(13-5-1)31-20-21-37-36(31)35-33-23-29-19-11-10-18-28(29)22-30(33)24-32(26-14-6-2-7-15-26)34(35)27-16-8-3-9-17-27/h1-24H. The predicted octanol–water partition coefficient (Wildman–Crippen LogP) is 10.7. The Bertz CT molecular complexity index is 1850. The molecule has 0 spiro atoms. The molecule has 0 fully saturated rings. The molecule has 6 aromatic carbocycles. The third kappa shape index (κ3) is 3.85. The van der Waals surface area contributed by atoms with E-state index in [4.69, 9.17) is 0 Å². The van der Waals surface area contributed by atoms with Gasteiger partial charge in [0.15, 0.2) is 0 Å². The van der Waals surface area contributed by atoms with Gasteiger partial charge in [-0.1, -0.05) is 115 Å². The van der Waals surface area contributed by atoms with Gasteiger partial charge in [0.1, 0.15) is 0 Å². The average molecular weight is 489 g/mol. The van der Waals surface area contributed by atoms with Gasteiger partial charge in [-0.15, -0.1) is 11.3 Å². The maximum absolute atomic E-state index is 2.39. The van der Waals surface area contributed by atoms with Crippen LogP contribution in [0.15, 0.2) is 145 Å². The summed E-state index contributed by atoms with van der Waals surface area (Å²) in [5.41, 5.74) is 8.85. The van der Waals surface area contributed by atoms with Crippen LogP contribution in [0, 0.1) is 0 Å². The van der Waals surface area contributed by atoms with Crippen LogP contribution in [0.3, 0.4) is 0 Å². The van der Waals surface area contributed by atoms with Crippen molar-refractivity contribution in [3.05, 3.63) is 145 Å². The van der Waals surface area contributed by atoms with Crippen molar-refractivity contribution in [3.8, 4) is 43.8 Å². The van der Waals surface area contributed by atoms with Crippen LogP contribution < -0.4 is 0 Å². The SMILES string of the molecule is c1ccc(-c2ccsc2-c2c(-c3ccccc3)c(-c3ccccc3)cc3cc4ccccc4cc23)cc1. The van der Waals surface area contributed by atoms with Crippen molar-refractivity contribution in [3.63, 3.8) is 0 Å². The van der Waals surface area contributed by atoms with E-state index in [0.29, 0.717) is 0 Å². The Morgan fingerprint density at radius 3 is 1.57 bits per heavy atom. The van der Waals surface area contributed by atoms with E-state index in [-0.39, 0.29) is 0 Å². The minimum absolute atomic E-state index is 1.23. The molecule has 7 rings (SSSR count). The zero-order valence-electron chi connectivity index (χ0n) is 20.3. The van der Waals surface area contributed by atoms with Crippen molar-refractivity contribution in [2.24, 2.45) is 0 Å². The van der Waals surface area contributed by atoms with E-state index in [1.807, 2.05) is 11.3 Å². The molecule has 0 radical (unpaired) electrons. The molecule has 0 aliphatic heterocycles. The Kier molecular flexibility index (Phi) is 5.42. The Balaban J connectivity index is 1.68. The minimum atomic E-state index is 1.23. The van der Waals surface area contributed by atoms with Crippen LogP contribution in [0.1, 0.15) is 0 Å². The number of fused-ring (bicyclic) bond motifs is 2. The smallest absolute Gasteiger partial charge is 0.0433 e. The lowest BCUT2D eigenvalue weighted by Gasteiger charge is -2.20. The second-order valence-electron chi connectivity index (χ2n) is 9.36. The van der Waals surface area contributed by atoms with E-state index in [2.05, 4.69) is 145 Å². The molecule has 1 heterocycles. The quantitative estimate of drug-likeness (QED) is 0.216. The monoisotopic (exact) mass is 488 g/mol. The highest BCUT2D eigenvalue weighted by atomic mass is 32.1. The zero-order valence-corrected chi connectivity index (χ0v) is 21.1. The Morgan fingerprint density at radius 1 is 0.378 bits per heavy atom. The maximum Gasteiger partial charge on any atom is 0.0433 e. The highest BCUT2D eigenvalue weighted by Crippen LogP contribution is 2.49. The van der Waals surface area contributed by atoms with Crippen molar-refractivity contribution in [2.45, 2.75) is 0 Å². The van der Waals surface area contributed by atoms with Crippen molar-refractivity contribution in [1.82, 2.24) is 0 Å². The number of thiophene rings is 1. The van der Waals surface area contributed by atoms with Crippen LogP contribution in [-0.4, -0.2) is 0 Å². The third-order valence-corrected chi connectivity index (χ3v) is 8.06. The van der Waals surface area contributed by atoms with Gasteiger partial charge in [-0.2, -0.15) is 0 Å². The zero-order chi connectivity index (χ0) is 24.6. The van der Waals surface area contributed by atoms with Crippen molar-refractivity contribution in [2.75, 3.05) is 0 Å². The van der Waals surface area contributed by atoms with Crippen LogP contribution >= 0.6 is 11.3 Å². The normalized spacial score (nSPS) is 11.2. The first-order valence-electron chi connectivity index (χ1n) is 12.6. The minimum Gasteiger partial charge on any atom is -0.143 e. The van der Waals surface area contributed by atoms with Gasteiger partial charge >= 0.3 is 0 Å². The molecular formula is C36H24S. The summed E-state index contributed by atoms with van der Waals surface area (Å²) in [4.78, 5) is 1.31. The fourth-order valence-corrected chi connectivity index (χ4v) is 6.41. The van der Waals surface area contributed by atoms with Crippen molar-refractivity contribution in [1.29, 1.82) is 0 Å². The molecule has 174 valence electrons. The van der Waals surface area contributed by atoms with Crippen LogP contribution in [0.5, 0.6) is 0 Å². The molecule has 37 heavy (non-hydrogen) atoms. The summed E-state index contributed by atoms with van der Waals surface area (Å²) in [5.74, 6) is 0. The first kappa shape index (κ1) is 21.8. The van der Waals surface area contributed by atoms with Crippen molar-refractivity contribution >= 4 is 32.9 Å². The Morgan fingerprint density at radius 2 is 0.919 bits per heavy atom. The van der Waals surface area contributed by atoms with E-state index in [0.717, 1.165) is 0 Å². The first-order valence-corrected chi connectivity index (χ1v) is 13.5. The molecule has 0 saturated heterocycles. The molecule has 0 saturated carbocycles. The summed E-state index contributed by atoms with van der Waals surface area (Å²) >= 11 is 1.83. The summed E-state index contributed by atoms with van der Waals surface area (Å²) in [5, 5.41) is 7.31. The molecule has 0 bridgehead atoms. The predicted molar refractivity (Wildman–Crippen MR) is 161 cm³/mol. The fourth-order valence-electron chi connectivity index (χ4n) is 5.42. The number of benzene rings is 6.